The number of aromatic amines is 1. The number of hydrogen-bond donors (Lipinski definition) is 3. The van der Waals surface area contributed by atoms with E-state index in [4.69, 9.17) is 0 Å². The van der Waals surface area contributed by atoms with Gasteiger partial charge in [-0.1, -0.05) is 30.3 Å². The first-order chi connectivity index (χ1) is 12.5. The number of amides is 2. The van der Waals surface area contributed by atoms with Crippen LogP contribution in [0.2, 0.25) is 0 Å². The lowest BCUT2D eigenvalue weighted by atomic mass is 10.1. The summed E-state index contributed by atoms with van der Waals surface area (Å²) in [5, 5.41) is 6.22. The molecule has 1 aromatic heterocycles. The summed E-state index contributed by atoms with van der Waals surface area (Å²) in [4.78, 5) is 38.5. The largest absolute Gasteiger partial charge is 0.361 e. The smallest absolute Gasteiger partial charge is 0.313 e. The molecule has 0 aliphatic heterocycles. The van der Waals surface area contributed by atoms with Crippen molar-refractivity contribution in [2.75, 3.05) is 11.9 Å². The summed E-state index contributed by atoms with van der Waals surface area (Å²) in [5.41, 5.74) is 3.00. The van der Waals surface area contributed by atoms with Crippen LogP contribution >= 0.6 is 0 Å². The molecule has 0 aliphatic rings. The predicted molar refractivity (Wildman–Crippen MR) is 100 cm³/mol. The van der Waals surface area contributed by atoms with Gasteiger partial charge in [0.1, 0.15) is 0 Å². The van der Waals surface area contributed by atoms with Crippen molar-refractivity contribution in [1.82, 2.24) is 10.3 Å². The third-order valence-electron chi connectivity index (χ3n) is 4.09. The minimum atomic E-state index is -0.760. The van der Waals surface area contributed by atoms with E-state index < -0.39 is 11.8 Å². The first kappa shape index (κ1) is 17.4. The van der Waals surface area contributed by atoms with Crippen LogP contribution in [0.25, 0.3) is 10.9 Å². The molecule has 3 N–H and O–H groups in total. The van der Waals surface area contributed by atoms with Crippen LogP contribution < -0.4 is 10.6 Å². The van der Waals surface area contributed by atoms with Crippen LogP contribution in [0.4, 0.5) is 5.69 Å². The molecule has 6 nitrogen and oxygen atoms in total. The Labute approximate surface area is 150 Å². The Hall–Kier alpha value is -3.41. The molecule has 0 unspecified atom stereocenters. The molecule has 0 aliphatic carbocycles. The topological polar surface area (TPSA) is 91.1 Å². The van der Waals surface area contributed by atoms with Crippen molar-refractivity contribution in [2.45, 2.75) is 13.3 Å². The molecule has 26 heavy (non-hydrogen) atoms. The van der Waals surface area contributed by atoms with Gasteiger partial charge < -0.3 is 15.6 Å². The number of H-pyrrole nitrogens is 1. The molecule has 1 heterocycles. The highest BCUT2D eigenvalue weighted by Gasteiger charge is 2.14. The van der Waals surface area contributed by atoms with Crippen LogP contribution in [0.1, 0.15) is 22.8 Å². The molecule has 0 fully saturated rings. The Bertz CT molecular complexity index is 975. The van der Waals surface area contributed by atoms with E-state index in [2.05, 4.69) is 15.6 Å². The van der Waals surface area contributed by atoms with Crippen LogP contribution in [0.3, 0.4) is 0 Å². The minimum Gasteiger partial charge on any atom is -0.361 e. The second-order valence-electron chi connectivity index (χ2n) is 5.96. The number of aromatic nitrogens is 1. The van der Waals surface area contributed by atoms with Gasteiger partial charge in [-0.05, 0) is 37.1 Å². The molecule has 2 amide bonds. The summed E-state index contributed by atoms with van der Waals surface area (Å²) in [5.74, 6) is -1.58. The Morgan fingerprint density at radius 1 is 1.00 bits per heavy atom. The molecule has 0 spiro atoms. The van der Waals surface area contributed by atoms with E-state index in [1.54, 1.807) is 24.3 Å². The maximum atomic E-state index is 12.0. The van der Waals surface area contributed by atoms with Crippen LogP contribution in [-0.4, -0.2) is 29.1 Å². The van der Waals surface area contributed by atoms with Gasteiger partial charge in [0.2, 0.25) is 0 Å². The van der Waals surface area contributed by atoms with Crippen LogP contribution in [0.15, 0.2) is 54.7 Å². The molecule has 132 valence electrons. The number of benzene rings is 2. The molecule has 6 heteroatoms. The van der Waals surface area contributed by atoms with E-state index in [0.29, 0.717) is 24.2 Å². The fourth-order valence-corrected chi connectivity index (χ4v) is 2.73. The molecule has 0 saturated heterocycles. The molecule has 0 radical (unpaired) electrons. The zero-order valence-corrected chi connectivity index (χ0v) is 14.3. The van der Waals surface area contributed by atoms with Crippen LogP contribution in [-0.2, 0) is 16.0 Å². The molecule has 3 rings (SSSR count). The highest BCUT2D eigenvalue weighted by atomic mass is 16.2. The molecule has 2 aromatic carbocycles. The summed E-state index contributed by atoms with van der Waals surface area (Å²) in [6, 6.07) is 14.4. The number of para-hydroxylation sites is 1. The van der Waals surface area contributed by atoms with Gasteiger partial charge in [0.05, 0.1) is 0 Å². The van der Waals surface area contributed by atoms with E-state index in [1.807, 2.05) is 30.5 Å². The highest BCUT2D eigenvalue weighted by molar-refractivity contribution is 6.39. The standard InChI is InChI=1S/C20H19N3O3/c1-13(24)14-5-4-6-16(11-14)23-20(26)19(25)21-10-9-15-12-22-18-8-3-2-7-17(15)18/h2-8,11-12,22H,9-10H2,1H3,(H,21,25)(H,23,26). The van der Waals surface area contributed by atoms with Gasteiger partial charge in [0.15, 0.2) is 5.78 Å². The molecule has 0 bridgehead atoms. The molecule has 0 atom stereocenters. The van der Waals surface area contributed by atoms with E-state index >= 15 is 0 Å². The highest BCUT2D eigenvalue weighted by Crippen LogP contribution is 2.17. The number of ketones is 1. The average molecular weight is 349 g/mol. The van der Waals surface area contributed by atoms with E-state index in [1.165, 1.54) is 6.92 Å². The van der Waals surface area contributed by atoms with Gasteiger partial charge in [-0.2, -0.15) is 0 Å². The summed E-state index contributed by atoms with van der Waals surface area (Å²) in [7, 11) is 0. The summed E-state index contributed by atoms with van der Waals surface area (Å²) in [6.07, 6.45) is 2.52. The normalized spacial score (nSPS) is 10.5. The number of hydrogen-bond acceptors (Lipinski definition) is 3. The van der Waals surface area contributed by atoms with Crippen molar-refractivity contribution >= 4 is 34.2 Å². The van der Waals surface area contributed by atoms with Gasteiger partial charge >= 0.3 is 11.8 Å². The van der Waals surface area contributed by atoms with Crippen LogP contribution in [0.5, 0.6) is 0 Å². The molecular weight excluding hydrogens is 330 g/mol. The molecular formula is C20H19N3O3. The SMILES string of the molecule is CC(=O)c1cccc(NC(=O)C(=O)NCCc2c[nH]c3ccccc23)c1. The van der Waals surface area contributed by atoms with Crippen molar-refractivity contribution < 1.29 is 14.4 Å². The Morgan fingerprint density at radius 3 is 2.62 bits per heavy atom. The molecule has 0 saturated carbocycles. The second-order valence-corrected chi connectivity index (χ2v) is 5.96. The maximum Gasteiger partial charge on any atom is 0.313 e. The summed E-state index contributed by atoms with van der Waals surface area (Å²) in [6.45, 7) is 1.79. The third-order valence-corrected chi connectivity index (χ3v) is 4.09. The van der Waals surface area contributed by atoms with Gasteiger partial charge in [0.25, 0.3) is 0 Å². The molecule has 3 aromatic rings. The number of Topliss-reactive ketones (excluding diaryl/α,β-unsaturated/α-hetero) is 1. The Morgan fingerprint density at radius 2 is 1.81 bits per heavy atom. The monoisotopic (exact) mass is 349 g/mol. The number of carbonyl (C=O) groups excluding carboxylic acids is 3. The van der Waals surface area contributed by atoms with E-state index in [0.717, 1.165) is 16.5 Å². The maximum absolute atomic E-state index is 12.0. The lowest BCUT2D eigenvalue weighted by Crippen LogP contribution is -2.36. The van der Waals surface area contributed by atoms with Crippen molar-refractivity contribution in [3.63, 3.8) is 0 Å². The predicted octanol–water partition coefficient (Wildman–Crippen LogP) is 2.67. The van der Waals surface area contributed by atoms with Crippen molar-refractivity contribution in [1.29, 1.82) is 0 Å². The summed E-state index contributed by atoms with van der Waals surface area (Å²) >= 11 is 0. The number of carbonyl (C=O) groups is 3. The quantitative estimate of drug-likeness (QED) is 0.488. The number of fused-ring (bicyclic) bond motifs is 1. The number of nitrogens with one attached hydrogen (secondary N) is 3. The zero-order valence-electron chi connectivity index (χ0n) is 14.3. The first-order valence-corrected chi connectivity index (χ1v) is 8.30. The number of rotatable bonds is 5. The summed E-state index contributed by atoms with van der Waals surface area (Å²) < 4.78 is 0. The van der Waals surface area contributed by atoms with E-state index in [-0.39, 0.29) is 5.78 Å². The van der Waals surface area contributed by atoms with Crippen LogP contribution in [0, 0.1) is 0 Å². The van der Waals surface area contributed by atoms with Gasteiger partial charge in [0, 0.05) is 34.9 Å². The van der Waals surface area contributed by atoms with Gasteiger partial charge in [-0.15, -0.1) is 0 Å². The fraction of sp³-hybridized carbons (Fsp3) is 0.150. The van der Waals surface area contributed by atoms with Crippen molar-refractivity contribution in [3.05, 3.63) is 65.9 Å². The van der Waals surface area contributed by atoms with Crippen molar-refractivity contribution in [3.8, 4) is 0 Å². The Balaban J connectivity index is 1.54. The minimum absolute atomic E-state index is 0.107. The van der Waals surface area contributed by atoms with Gasteiger partial charge in [-0.25, -0.2) is 0 Å². The average Bonchev–Trinajstić information content (AvgIpc) is 3.05. The first-order valence-electron chi connectivity index (χ1n) is 8.30. The zero-order chi connectivity index (χ0) is 18.5. The van der Waals surface area contributed by atoms with Gasteiger partial charge in [-0.3, -0.25) is 14.4 Å². The number of anilines is 1. The lowest BCUT2D eigenvalue weighted by Gasteiger charge is -2.07. The lowest BCUT2D eigenvalue weighted by molar-refractivity contribution is -0.136. The Kier molecular flexibility index (Phi) is 5.12. The fourth-order valence-electron chi connectivity index (χ4n) is 2.73. The van der Waals surface area contributed by atoms with Crippen molar-refractivity contribution in [2.24, 2.45) is 0 Å². The third kappa shape index (κ3) is 3.97. The second kappa shape index (κ2) is 7.65. The van der Waals surface area contributed by atoms with E-state index in [9.17, 15) is 14.4 Å².